The van der Waals surface area contributed by atoms with Crippen LogP contribution in [0.4, 0.5) is 0 Å². The highest BCUT2D eigenvalue weighted by Crippen LogP contribution is 2.21. The van der Waals surface area contributed by atoms with Crippen LogP contribution in [0, 0.1) is 0 Å². The zero-order valence-electron chi connectivity index (χ0n) is 6.74. The molecular formula is C7H13NO3. The SMILES string of the molecule is CC(C)(C(=O)O)N1CC(O)C1. The Kier molecular flexibility index (Phi) is 1.90. The van der Waals surface area contributed by atoms with Gasteiger partial charge in [-0.05, 0) is 13.8 Å². The molecule has 1 aliphatic heterocycles. The van der Waals surface area contributed by atoms with Crippen molar-refractivity contribution in [3.8, 4) is 0 Å². The number of β-amino-alcohol motifs (C(OH)–C–C–N with tert-alkyl or cyclic N) is 1. The molecule has 0 bridgehead atoms. The molecule has 1 fully saturated rings. The van der Waals surface area contributed by atoms with E-state index in [1.54, 1.807) is 18.7 Å². The van der Waals surface area contributed by atoms with Gasteiger partial charge in [-0.3, -0.25) is 9.69 Å². The first kappa shape index (κ1) is 8.49. The Morgan fingerprint density at radius 3 is 2.27 bits per heavy atom. The van der Waals surface area contributed by atoms with Gasteiger partial charge in [0.25, 0.3) is 0 Å². The Morgan fingerprint density at radius 2 is 2.00 bits per heavy atom. The number of likely N-dealkylation sites (tertiary alicyclic amines) is 1. The molecule has 0 unspecified atom stereocenters. The Morgan fingerprint density at radius 1 is 1.55 bits per heavy atom. The zero-order valence-corrected chi connectivity index (χ0v) is 6.74. The molecule has 1 aliphatic rings. The molecule has 1 rings (SSSR count). The number of rotatable bonds is 2. The summed E-state index contributed by atoms with van der Waals surface area (Å²) < 4.78 is 0. The molecule has 0 aliphatic carbocycles. The van der Waals surface area contributed by atoms with Crippen molar-refractivity contribution < 1.29 is 15.0 Å². The molecule has 11 heavy (non-hydrogen) atoms. The van der Waals surface area contributed by atoms with Gasteiger partial charge in [0.05, 0.1) is 6.10 Å². The highest BCUT2D eigenvalue weighted by atomic mass is 16.4. The van der Waals surface area contributed by atoms with Crippen LogP contribution >= 0.6 is 0 Å². The van der Waals surface area contributed by atoms with Crippen LogP contribution in [0.15, 0.2) is 0 Å². The van der Waals surface area contributed by atoms with E-state index in [4.69, 9.17) is 10.2 Å². The molecule has 1 heterocycles. The number of carbonyl (C=O) groups is 1. The van der Waals surface area contributed by atoms with Gasteiger partial charge in [0.2, 0.25) is 0 Å². The van der Waals surface area contributed by atoms with Crippen LogP contribution in [-0.2, 0) is 4.79 Å². The highest BCUT2D eigenvalue weighted by Gasteiger charge is 2.41. The molecule has 0 spiro atoms. The number of aliphatic carboxylic acids is 1. The number of hydrogen-bond acceptors (Lipinski definition) is 3. The van der Waals surface area contributed by atoms with E-state index in [-0.39, 0.29) is 6.10 Å². The second kappa shape index (κ2) is 2.46. The normalized spacial score (nSPS) is 21.4. The monoisotopic (exact) mass is 159 g/mol. The lowest BCUT2D eigenvalue weighted by Gasteiger charge is -2.44. The number of hydrogen-bond donors (Lipinski definition) is 2. The van der Waals surface area contributed by atoms with Gasteiger partial charge in [-0.15, -0.1) is 0 Å². The fourth-order valence-electron chi connectivity index (χ4n) is 1.05. The number of carboxylic acids is 1. The molecule has 2 N–H and O–H groups in total. The predicted molar refractivity (Wildman–Crippen MR) is 39.3 cm³/mol. The first-order chi connectivity index (χ1) is 4.94. The topological polar surface area (TPSA) is 60.8 Å². The minimum atomic E-state index is -0.843. The third-order valence-corrected chi connectivity index (χ3v) is 2.18. The van der Waals surface area contributed by atoms with E-state index >= 15 is 0 Å². The molecule has 4 heteroatoms. The number of aliphatic hydroxyl groups is 1. The van der Waals surface area contributed by atoms with E-state index in [0.717, 1.165) is 0 Å². The summed E-state index contributed by atoms with van der Waals surface area (Å²) >= 11 is 0. The molecule has 0 aromatic rings. The maximum absolute atomic E-state index is 10.6. The van der Waals surface area contributed by atoms with E-state index < -0.39 is 11.5 Å². The molecule has 0 aromatic carbocycles. The van der Waals surface area contributed by atoms with Gasteiger partial charge in [-0.1, -0.05) is 0 Å². The van der Waals surface area contributed by atoms with Crippen LogP contribution < -0.4 is 0 Å². The second-order valence-electron chi connectivity index (χ2n) is 3.42. The minimum absolute atomic E-state index is 0.339. The molecule has 0 amide bonds. The lowest BCUT2D eigenvalue weighted by atomic mass is 9.97. The first-order valence-electron chi connectivity index (χ1n) is 3.61. The van der Waals surface area contributed by atoms with E-state index in [1.165, 1.54) is 0 Å². The number of aliphatic hydroxyl groups excluding tert-OH is 1. The highest BCUT2D eigenvalue weighted by molar-refractivity contribution is 5.77. The van der Waals surface area contributed by atoms with Crippen molar-refractivity contribution in [1.82, 2.24) is 4.90 Å². The summed E-state index contributed by atoms with van der Waals surface area (Å²) in [6, 6.07) is 0. The Bertz CT molecular complexity index is 173. The Balaban J connectivity index is 2.53. The van der Waals surface area contributed by atoms with Crippen molar-refractivity contribution in [2.24, 2.45) is 0 Å². The molecule has 1 saturated heterocycles. The molecule has 0 aromatic heterocycles. The minimum Gasteiger partial charge on any atom is -0.480 e. The van der Waals surface area contributed by atoms with Crippen molar-refractivity contribution >= 4 is 5.97 Å². The summed E-state index contributed by atoms with van der Waals surface area (Å²) in [7, 11) is 0. The standard InChI is InChI=1S/C7H13NO3/c1-7(2,6(10)11)8-3-5(9)4-8/h5,9H,3-4H2,1-2H3,(H,10,11). The van der Waals surface area contributed by atoms with Crippen molar-refractivity contribution in [2.75, 3.05) is 13.1 Å². The summed E-state index contributed by atoms with van der Waals surface area (Å²) in [6.45, 7) is 4.22. The van der Waals surface area contributed by atoms with Gasteiger partial charge < -0.3 is 10.2 Å². The maximum Gasteiger partial charge on any atom is 0.323 e. The molecular weight excluding hydrogens is 146 g/mol. The van der Waals surface area contributed by atoms with Crippen molar-refractivity contribution in [1.29, 1.82) is 0 Å². The average molecular weight is 159 g/mol. The van der Waals surface area contributed by atoms with Gasteiger partial charge in [0.1, 0.15) is 5.54 Å². The van der Waals surface area contributed by atoms with Gasteiger partial charge in [0, 0.05) is 13.1 Å². The molecule has 0 radical (unpaired) electrons. The van der Waals surface area contributed by atoms with Crippen LogP contribution in [0.5, 0.6) is 0 Å². The number of nitrogens with zero attached hydrogens (tertiary/aromatic N) is 1. The van der Waals surface area contributed by atoms with Crippen molar-refractivity contribution in [2.45, 2.75) is 25.5 Å². The molecule has 4 nitrogen and oxygen atoms in total. The Hall–Kier alpha value is -0.610. The van der Waals surface area contributed by atoms with Crippen LogP contribution in [0.2, 0.25) is 0 Å². The van der Waals surface area contributed by atoms with Gasteiger partial charge in [-0.25, -0.2) is 0 Å². The Labute approximate surface area is 65.4 Å². The maximum atomic E-state index is 10.6. The van der Waals surface area contributed by atoms with E-state index in [1.807, 2.05) is 0 Å². The van der Waals surface area contributed by atoms with Gasteiger partial charge in [-0.2, -0.15) is 0 Å². The van der Waals surface area contributed by atoms with Gasteiger partial charge in [0.15, 0.2) is 0 Å². The first-order valence-corrected chi connectivity index (χ1v) is 3.61. The average Bonchev–Trinajstić information content (AvgIpc) is 1.80. The quantitative estimate of drug-likeness (QED) is 0.571. The largest absolute Gasteiger partial charge is 0.480 e. The number of carboxylic acid groups (broad SMARTS) is 1. The van der Waals surface area contributed by atoms with Gasteiger partial charge >= 0.3 is 5.97 Å². The van der Waals surface area contributed by atoms with E-state index in [0.29, 0.717) is 13.1 Å². The van der Waals surface area contributed by atoms with Crippen LogP contribution in [0.25, 0.3) is 0 Å². The summed E-state index contributed by atoms with van der Waals surface area (Å²) in [5.41, 5.74) is -0.834. The molecule has 0 saturated carbocycles. The van der Waals surface area contributed by atoms with Crippen molar-refractivity contribution in [3.05, 3.63) is 0 Å². The summed E-state index contributed by atoms with van der Waals surface area (Å²) in [5.74, 6) is -0.843. The van der Waals surface area contributed by atoms with Crippen LogP contribution in [-0.4, -0.2) is 45.8 Å². The lowest BCUT2D eigenvalue weighted by Crippen LogP contribution is -2.62. The second-order valence-corrected chi connectivity index (χ2v) is 3.42. The fourth-order valence-corrected chi connectivity index (χ4v) is 1.05. The van der Waals surface area contributed by atoms with E-state index in [9.17, 15) is 4.79 Å². The third kappa shape index (κ3) is 1.36. The van der Waals surface area contributed by atoms with Crippen LogP contribution in [0.1, 0.15) is 13.8 Å². The van der Waals surface area contributed by atoms with E-state index in [2.05, 4.69) is 0 Å². The van der Waals surface area contributed by atoms with Crippen molar-refractivity contribution in [3.63, 3.8) is 0 Å². The summed E-state index contributed by atoms with van der Waals surface area (Å²) in [5, 5.41) is 17.7. The predicted octanol–water partition coefficient (Wildman–Crippen LogP) is -0.474. The smallest absolute Gasteiger partial charge is 0.323 e. The summed E-state index contributed by atoms with van der Waals surface area (Å²) in [6.07, 6.45) is -0.339. The fraction of sp³-hybridized carbons (Fsp3) is 0.857. The third-order valence-electron chi connectivity index (χ3n) is 2.18. The zero-order chi connectivity index (χ0) is 8.65. The molecule has 64 valence electrons. The van der Waals surface area contributed by atoms with Crippen LogP contribution in [0.3, 0.4) is 0 Å². The summed E-state index contributed by atoms with van der Waals surface area (Å²) in [4.78, 5) is 12.4. The lowest BCUT2D eigenvalue weighted by molar-refractivity contribution is -0.157. The molecule has 0 atom stereocenters.